The smallest absolute Gasteiger partial charge is 0.256 e. The van der Waals surface area contributed by atoms with Crippen LogP contribution in [-0.4, -0.2) is 70.9 Å². The van der Waals surface area contributed by atoms with Crippen molar-refractivity contribution >= 4 is 23.0 Å². The second-order valence-electron chi connectivity index (χ2n) is 17.3. The number of carbonyl (C=O) groups excluding carboxylic acids is 2. The fourth-order valence-electron chi connectivity index (χ4n) is 10.9. The number of piperidine rings is 2. The number of aliphatic hydroxyl groups excluding tert-OH is 1. The van der Waals surface area contributed by atoms with Gasteiger partial charge in [0.1, 0.15) is 11.6 Å². The van der Waals surface area contributed by atoms with E-state index in [2.05, 4.69) is 52.2 Å². The Labute approximate surface area is 318 Å². The number of likely N-dealkylation sites (tertiary alicyclic amines) is 2. The third-order valence-electron chi connectivity index (χ3n) is 14.0. The number of carbonyl (C=O) groups is 2. The normalized spacial score (nSPS) is 31.4. The third kappa shape index (κ3) is 6.00. The Kier molecular flexibility index (Phi) is 9.25. The highest BCUT2D eigenvalue weighted by atomic mass is 16.3. The van der Waals surface area contributed by atoms with Crippen molar-refractivity contribution in [1.29, 1.82) is 0 Å². The van der Waals surface area contributed by atoms with Gasteiger partial charge in [0.05, 0.1) is 41.9 Å². The van der Waals surface area contributed by atoms with Crippen molar-refractivity contribution in [1.82, 2.24) is 29.7 Å². The lowest BCUT2D eigenvalue weighted by Gasteiger charge is -2.36. The number of hydrogen-bond acceptors (Lipinski definition) is 6. The molecular weight excluding hydrogens is 675 g/mol. The lowest BCUT2D eigenvalue weighted by atomic mass is 9.86. The molecule has 7 aliphatic rings. The molecule has 284 valence electrons. The first-order chi connectivity index (χ1) is 26.2. The number of H-pyrrole nitrogens is 2. The lowest BCUT2D eigenvalue weighted by molar-refractivity contribution is -0.143. The molecule has 10 nitrogen and oxygen atoms in total. The predicted octanol–water partition coefficient (Wildman–Crippen LogP) is 7.01. The van der Waals surface area contributed by atoms with Crippen LogP contribution in [-0.2, 0) is 9.59 Å². The molecule has 54 heavy (non-hydrogen) atoms. The SMILES string of the molecule is CC(C)C(N)C(=O)N1C2CCC(C2)C1c1ncc(C2=CC=C(C3=CC=C(c4cnc(C5C6CCC(C6C)N5C(=O)C(O)C5=CC=CCC5)[nH]4)CC3)CC2)[nH]1. The van der Waals surface area contributed by atoms with Crippen molar-refractivity contribution in [2.45, 2.75) is 128 Å². The van der Waals surface area contributed by atoms with Crippen molar-refractivity contribution in [3.8, 4) is 0 Å². The molecule has 2 aromatic rings. The molecular formula is C44H55N7O3. The van der Waals surface area contributed by atoms with Crippen LogP contribution in [0.5, 0.6) is 0 Å². The van der Waals surface area contributed by atoms with E-state index in [-0.39, 0.29) is 41.9 Å². The van der Waals surface area contributed by atoms with Crippen LogP contribution in [0.4, 0.5) is 0 Å². The van der Waals surface area contributed by atoms with Gasteiger partial charge in [0.2, 0.25) is 5.91 Å². The van der Waals surface area contributed by atoms with Gasteiger partial charge < -0.3 is 30.6 Å². The molecule has 0 radical (unpaired) electrons. The maximum atomic E-state index is 13.8. The van der Waals surface area contributed by atoms with E-state index >= 15 is 0 Å². The Morgan fingerprint density at radius 1 is 0.796 bits per heavy atom. The average molecular weight is 730 g/mol. The molecule has 0 spiro atoms. The molecule has 9 rings (SSSR count). The molecule has 2 aromatic heterocycles. The van der Waals surface area contributed by atoms with Gasteiger partial charge in [-0.1, -0.05) is 63.3 Å². The van der Waals surface area contributed by atoms with Gasteiger partial charge in [0.15, 0.2) is 6.10 Å². The minimum Gasteiger partial charge on any atom is -0.379 e. The van der Waals surface area contributed by atoms with Gasteiger partial charge >= 0.3 is 0 Å². The minimum atomic E-state index is -1.09. The molecule has 4 heterocycles. The number of nitrogens with one attached hydrogen (secondary N) is 2. The molecule has 4 fully saturated rings. The molecule has 0 aromatic carbocycles. The number of aromatic nitrogens is 4. The summed E-state index contributed by atoms with van der Waals surface area (Å²) in [5.74, 6) is 2.88. The number of amides is 2. The van der Waals surface area contributed by atoms with Gasteiger partial charge in [0.25, 0.3) is 5.91 Å². The second-order valence-corrected chi connectivity index (χ2v) is 17.3. The van der Waals surface area contributed by atoms with Gasteiger partial charge in [-0.15, -0.1) is 0 Å². The summed E-state index contributed by atoms with van der Waals surface area (Å²) >= 11 is 0. The zero-order valence-corrected chi connectivity index (χ0v) is 31.9. The molecule has 5 aliphatic carbocycles. The molecule has 9 unspecified atom stereocenters. The van der Waals surface area contributed by atoms with Crippen molar-refractivity contribution in [3.05, 3.63) is 94.7 Å². The Balaban J connectivity index is 0.884. The standard InChI is InChI=1S/C44H55N7O3/c1-24(2)37(45)43(53)50-32-18-17-31(21-32)38(50)41-46-22-34(48-41)28-13-9-26(10-14-28)27-11-15-29(16-12-27)35-23-47-42(49-35)39-33-19-20-36(25(33)3)51(39)44(54)40(52)30-7-5-4-6-8-30/h4-5,7,9,11,13,15,22-25,31-33,36-40,52H,6,8,10,12,14,16-21,45H2,1-3H3,(H,46,48)(H,47,49). The van der Waals surface area contributed by atoms with E-state index in [0.717, 1.165) is 99.2 Å². The molecule has 4 bridgehead atoms. The van der Waals surface area contributed by atoms with Gasteiger partial charge in [-0.05, 0) is 122 Å². The van der Waals surface area contributed by atoms with Crippen LogP contribution in [0.3, 0.4) is 0 Å². The maximum Gasteiger partial charge on any atom is 0.256 e. The van der Waals surface area contributed by atoms with Crippen molar-refractivity contribution in [3.63, 3.8) is 0 Å². The summed E-state index contributed by atoms with van der Waals surface area (Å²) < 4.78 is 0. The second kappa shape index (κ2) is 14.1. The summed E-state index contributed by atoms with van der Waals surface area (Å²) in [4.78, 5) is 48.3. The van der Waals surface area contributed by atoms with E-state index in [0.29, 0.717) is 17.8 Å². The van der Waals surface area contributed by atoms with Crippen molar-refractivity contribution in [2.24, 2.45) is 29.4 Å². The van der Waals surface area contributed by atoms with E-state index < -0.39 is 12.1 Å². The van der Waals surface area contributed by atoms with Gasteiger partial charge in [-0.25, -0.2) is 9.97 Å². The van der Waals surface area contributed by atoms with Crippen LogP contribution >= 0.6 is 0 Å². The number of hydrogen-bond donors (Lipinski definition) is 4. The predicted molar refractivity (Wildman–Crippen MR) is 209 cm³/mol. The van der Waals surface area contributed by atoms with E-state index in [1.165, 1.54) is 22.3 Å². The molecule has 2 saturated carbocycles. The number of allylic oxidation sites excluding steroid dienone is 11. The summed E-state index contributed by atoms with van der Waals surface area (Å²) in [6, 6.07) is -0.224. The number of rotatable bonds is 9. The number of nitrogens with zero attached hydrogens (tertiary/aromatic N) is 4. The van der Waals surface area contributed by atoms with Crippen molar-refractivity contribution < 1.29 is 14.7 Å². The van der Waals surface area contributed by atoms with Crippen LogP contribution in [0.1, 0.15) is 127 Å². The van der Waals surface area contributed by atoms with E-state index in [1.54, 1.807) is 0 Å². The quantitative estimate of drug-likeness (QED) is 0.219. The van der Waals surface area contributed by atoms with E-state index in [1.807, 2.05) is 43.3 Å². The number of fused-ring (bicyclic) bond motifs is 4. The fraction of sp³-hybridized carbons (Fsp3) is 0.545. The summed E-state index contributed by atoms with van der Waals surface area (Å²) in [6.45, 7) is 6.29. The molecule has 2 aliphatic heterocycles. The fourth-order valence-corrected chi connectivity index (χ4v) is 10.9. The van der Waals surface area contributed by atoms with Crippen molar-refractivity contribution in [2.75, 3.05) is 0 Å². The van der Waals surface area contributed by atoms with Gasteiger partial charge in [-0.3, -0.25) is 9.59 Å². The van der Waals surface area contributed by atoms with Crippen LogP contribution in [0, 0.1) is 23.7 Å². The molecule has 5 N–H and O–H groups in total. The average Bonchev–Trinajstić information content (AvgIpc) is 4.08. The van der Waals surface area contributed by atoms with Gasteiger partial charge in [-0.2, -0.15) is 0 Å². The molecule has 10 heteroatoms. The van der Waals surface area contributed by atoms with Crippen LogP contribution in [0.25, 0.3) is 11.1 Å². The van der Waals surface area contributed by atoms with Crippen LogP contribution in [0.2, 0.25) is 0 Å². The number of imidazole rings is 2. The zero-order valence-electron chi connectivity index (χ0n) is 31.9. The summed E-state index contributed by atoms with van der Waals surface area (Å²) in [5.41, 5.74) is 14.4. The zero-order chi connectivity index (χ0) is 37.2. The largest absolute Gasteiger partial charge is 0.379 e. The summed E-state index contributed by atoms with van der Waals surface area (Å²) in [6.07, 6.45) is 28.4. The monoisotopic (exact) mass is 729 g/mol. The van der Waals surface area contributed by atoms with E-state index in [9.17, 15) is 14.7 Å². The molecule has 9 atom stereocenters. The highest BCUT2D eigenvalue weighted by Gasteiger charge is 2.55. The van der Waals surface area contributed by atoms with E-state index in [4.69, 9.17) is 15.7 Å². The number of aromatic amines is 2. The Hall–Kier alpha value is -4.28. The third-order valence-corrected chi connectivity index (χ3v) is 14.0. The topological polar surface area (TPSA) is 144 Å². The first-order valence-corrected chi connectivity index (χ1v) is 20.5. The van der Waals surface area contributed by atoms with Crippen LogP contribution in [0.15, 0.2) is 71.6 Å². The highest BCUT2D eigenvalue weighted by Crippen LogP contribution is 2.54. The highest BCUT2D eigenvalue weighted by molar-refractivity contribution is 5.85. The lowest BCUT2D eigenvalue weighted by Crippen LogP contribution is -2.50. The first kappa shape index (κ1) is 35.4. The first-order valence-electron chi connectivity index (χ1n) is 20.5. The number of aliphatic hydroxyl groups is 1. The van der Waals surface area contributed by atoms with Gasteiger partial charge in [0, 0.05) is 12.1 Å². The summed E-state index contributed by atoms with van der Waals surface area (Å²) in [5, 5.41) is 11.1. The minimum absolute atomic E-state index is 0.0161. The maximum absolute atomic E-state index is 13.8. The Morgan fingerprint density at radius 2 is 1.43 bits per heavy atom. The molecule has 2 saturated heterocycles. The molecule has 2 amide bonds. The Morgan fingerprint density at radius 3 is 2.02 bits per heavy atom. The number of nitrogens with two attached hydrogens (primary N) is 1. The Bertz CT molecular complexity index is 2010. The summed E-state index contributed by atoms with van der Waals surface area (Å²) in [7, 11) is 0. The van der Waals surface area contributed by atoms with Crippen LogP contribution < -0.4 is 5.73 Å².